The largest absolute Gasteiger partial charge is 0.393 e. The highest BCUT2D eigenvalue weighted by Crippen LogP contribution is 1.79. The zero-order valence-corrected chi connectivity index (χ0v) is 8.15. The van der Waals surface area contributed by atoms with Crippen molar-refractivity contribution in [3.8, 4) is 0 Å². The molecular weight excluding hydrogens is 161 g/mol. The Morgan fingerprint density at radius 3 is 1.56 bits per heavy atom. The van der Waals surface area contributed by atoms with E-state index in [1.807, 2.05) is 0 Å². The van der Waals surface area contributed by atoms with Crippen molar-refractivity contribution in [2.45, 2.75) is 31.8 Å². The van der Waals surface area contributed by atoms with Gasteiger partial charge in [-0.05, 0) is 6.42 Å². The third kappa shape index (κ3) is 91.3. The first-order valence-electron chi connectivity index (χ1n) is 3.07. The number of unbranched alkanes of at least 4 members (excludes halogenated alkanes) is 1. The number of hydrogen-bond donors (Lipinski definition) is 0. The average molecular weight is 180 g/mol. The average Bonchev–Trinajstić information content (AvgIpc) is 1.65. The third-order valence-corrected chi connectivity index (χ3v) is 0.408. The first-order chi connectivity index (χ1) is 3.65. The maximum Gasteiger partial charge on any atom is 0.393 e. The third-order valence-electron chi connectivity index (χ3n) is 0.408. The summed E-state index contributed by atoms with van der Waals surface area (Å²) in [5.74, 6) is 4.14. The van der Waals surface area contributed by atoms with E-state index in [9.17, 15) is 0 Å². The van der Waals surface area contributed by atoms with Crippen LogP contribution in [0, 0.1) is 6.42 Å². The van der Waals surface area contributed by atoms with Crippen LogP contribution in [0.5, 0.6) is 0 Å². The molecule has 1 radical (unpaired) electrons. The van der Waals surface area contributed by atoms with E-state index in [0.717, 1.165) is 0 Å². The minimum atomic E-state index is -0.667. The summed E-state index contributed by atoms with van der Waals surface area (Å²) in [6.07, 6.45) is 3.32. The molecule has 0 unspecified atom stereocenters. The molecule has 0 heterocycles. The molecule has 55 valence electrons. The molecule has 0 atom stereocenters. The van der Waals surface area contributed by atoms with Gasteiger partial charge in [0.2, 0.25) is 0 Å². The van der Waals surface area contributed by atoms with Crippen molar-refractivity contribution in [1.29, 1.82) is 0 Å². The fraction of sp³-hybridized carbons (Fsp3) is 0.833. The summed E-state index contributed by atoms with van der Waals surface area (Å²) in [5.41, 5.74) is 0. The van der Waals surface area contributed by atoms with Crippen LogP contribution in [0.4, 0.5) is 0 Å². The normalized spacial score (nSPS) is 6.33. The highest BCUT2D eigenvalue weighted by Gasteiger charge is 1.88. The van der Waals surface area contributed by atoms with Crippen molar-refractivity contribution in [3.63, 3.8) is 0 Å². The summed E-state index contributed by atoms with van der Waals surface area (Å²) in [6.45, 7) is 4.18. The zero-order valence-electron chi connectivity index (χ0n) is 6.24. The zero-order chi connectivity index (χ0) is 6.99. The summed E-state index contributed by atoms with van der Waals surface area (Å²) in [5, 5.41) is 0. The summed E-state index contributed by atoms with van der Waals surface area (Å²) in [4.78, 5) is 0. The first-order valence-corrected chi connectivity index (χ1v) is 7.12. The highest BCUT2D eigenvalue weighted by atomic mass is 35.6. The Balaban J connectivity index is -0.0000000720. The van der Waals surface area contributed by atoms with E-state index < -0.39 is 13.2 Å². The summed E-state index contributed by atoms with van der Waals surface area (Å²) in [7, 11) is 5.41. The molecule has 0 rings (SSSR count). The standard InChI is InChI=1S/C4H9.2CH3.2Al.ClH.3H/c1-3-4-2;;;;;;;;/h3H,4H2,1-2H3;2*1H3;;;1H;;;/q;;;;+1;;;;/p-1. The van der Waals surface area contributed by atoms with Crippen molar-refractivity contribution in [2.24, 2.45) is 0 Å². The number of hydrogen-bond acceptors (Lipinski definition) is 0. The molecule has 0 bridgehead atoms. The molecule has 0 aromatic rings. The topological polar surface area (TPSA) is 0 Å². The van der Waals surface area contributed by atoms with E-state index in [2.05, 4.69) is 31.8 Å². The van der Waals surface area contributed by atoms with Gasteiger partial charge in [0, 0.05) is 0 Å². The molecule has 0 saturated heterocycles. The van der Waals surface area contributed by atoms with Crippen molar-refractivity contribution in [1.82, 2.24) is 0 Å². The van der Waals surface area contributed by atoms with Crippen LogP contribution in [-0.4, -0.2) is 30.6 Å². The lowest BCUT2D eigenvalue weighted by molar-refractivity contribution is 1.10. The van der Waals surface area contributed by atoms with Crippen LogP contribution in [0.25, 0.3) is 0 Å². The smallest absolute Gasteiger partial charge is 0.262 e. The predicted molar refractivity (Wildman–Crippen MR) is 53.5 cm³/mol. The molecule has 0 fully saturated rings. The molecule has 0 spiro atoms. The molecular formula is C6H18Al2Cl. The van der Waals surface area contributed by atoms with E-state index in [1.54, 1.807) is 0 Å². The lowest BCUT2D eigenvalue weighted by atomic mass is 10.4. The Morgan fingerprint density at radius 2 is 1.56 bits per heavy atom. The van der Waals surface area contributed by atoms with Gasteiger partial charge in [-0.1, -0.05) is 31.8 Å². The van der Waals surface area contributed by atoms with Gasteiger partial charge in [-0.25, -0.2) is 0 Å². The van der Waals surface area contributed by atoms with Gasteiger partial charge < -0.3 is 0 Å². The van der Waals surface area contributed by atoms with Gasteiger partial charge in [-0.15, -0.1) is 0 Å². The predicted octanol–water partition coefficient (Wildman–Crippen LogP) is 1.91. The quantitative estimate of drug-likeness (QED) is 0.540. The van der Waals surface area contributed by atoms with Crippen LogP contribution in [0.15, 0.2) is 0 Å². The maximum absolute atomic E-state index is 5.41. The molecule has 0 saturated carbocycles. The van der Waals surface area contributed by atoms with Crippen molar-refractivity contribution >= 4 is 40.6 Å². The molecule has 0 N–H and O–H groups in total. The Hall–Kier alpha value is 1.35. The van der Waals surface area contributed by atoms with E-state index in [-0.39, 0.29) is 17.4 Å². The first kappa shape index (κ1) is 16.8. The minimum Gasteiger partial charge on any atom is -0.262 e. The van der Waals surface area contributed by atoms with Crippen LogP contribution in [0.1, 0.15) is 20.3 Å². The number of halogens is 1. The Morgan fingerprint density at radius 1 is 1.44 bits per heavy atom. The fourth-order valence-corrected chi connectivity index (χ4v) is 0. The molecule has 3 heteroatoms. The summed E-state index contributed by atoms with van der Waals surface area (Å²) < 4.78 is 0. The van der Waals surface area contributed by atoms with Gasteiger partial charge in [0.1, 0.15) is 0 Å². The molecule has 0 amide bonds. The lowest BCUT2D eigenvalue weighted by Crippen LogP contribution is -1.78. The van der Waals surface area contributed by atoms with Gasteiger partial charge in [-0.3, -0.25) is 10.0 Å². The Bertz CT molecular complexity index is 27.5. The molecule has 9 heavy (non-hydrogen) atoms. The van der Waals surface area contributed by atoms with E-state index in [0.29, 0.717) is 0 Å². The van der Waals surface area contributed by atoms with E-state index in [4.69, 9.17) is 10.0 Å². The lowest BCUT2D eigenvalue weighted by Gasteiger charge is -1.67. The number of rotatable bonds is 1. The van der Waals surface area contributed by atoms with Crippen molar-refractivity contribution in [3.05, 3.63) is 6.42 Å². The van der Waals surface area contributed by atoms with Crippen LogP contribution in [-0.2, 0) is 0 Å². The van der Waals surface area contributed by atoms with Gasteiger partial charge in [-0.2, -0.15) is 0 Å². The molecule has 0 aromatic heterocycles. The Kier molecular flexibility index (Phi) is 30.1. The molecule has 0 nitrogen and oxygen atoms in total. The van der Waals surface area contributed by atoms with Gasteiger partial charge in [0.05, 0.1) is 0 Å². The second kappa shape index (κ2) is 16.2. The molecule has 0 aliphatic heterocycles. The second-order valence-electron chi connectivity index (χ2n) is 1.83. The van der Waals surface area contributed by atoms with Gasteiger partial charge >= 0.3 is 13.2 Å². The van der Waals surface area contributed by atoms with Crippen LogP contribution < -0.4 is 0 Å². The van der Waals surface area contributed by atoms with E-state index >= 15 is 0 Å². The highest BCUT2D eigenvalue weighted by molar-refractivity contribution is 7.05. The summed E-state index contributed by atoms with van der Waals surface area (Å²) in [6, 6.07) is 0. The SMILES string of the molecule is C[CH]CC.[AlH3].[CH3][Al]([CH3])[Cl]. The monoisotopic (exact) mass is 179 g/mol. The van der Waals surface area contributed by atoms with Crippen LogP contribution in [0.3, 0.4) is 0 Å². The van der Waals surface area contributed by atoms with Crippen molar-refractivity contribution in [2.75, 3.05) is 0 Å². The summed E-state index contributed by atoms with van der Waals surface area (Å²) >= 11 is -0.667. The molecule has 0 aromatic carbocycles. The fourth-order valence-electron chi connectivity index (χ4n) is 0. The maximum atomic E-state index is 5.41. The Labute approximate surface area is 78.7 Å². The van der Waals surface area contributed by atoms with Crippen molar-refractivity contribution < 1.29 is 0 Å². The molecule has 0 aliphatic rings. The van der Waals surface area contributed by atoms with Crippen LogP contribution in [0.2, 0.25) is 11.6 Å². The minimum absolute atomic E-state index is 0. The van der Waals surface area contributed by atoms with E-state index in [1.165, 1.54) is 6.42 Å². The van der Waals surface area contributed by atoms with Gasteiger partial charge in [0.15, 0.2) is 17.4 Å². The van der Waals surface area contributed by atoms with Gasteiger partial charge in [0.25, 0.3) is 0 Å². The second-order valence-corrected chi connectivity index (χ2v) is 6.48. The van der Waals surface area contributed by atoms with Crippen LogP contribution >= 0.6 is 10.0 Å². The molecule has 0 aliphatic carbocycles.